The molecule has 1 saturated heterocycles. The van der Waals surface area contributed by atoms with Crippen LogP contribution in [-0.4, -0.2) is 13.1 Å². The molecule has 0 unspecified atom stereocenters. The molecule has 0 spiro atoms. The molecule has 2 heterocycles. The van der Waals surface area contributed by atoms with Crippen molar-refractivity contribution >= 4 is 5.69 Å². The normalized spacial score (nSPS) is 17.8. The second-order valence-electron chi connectivity index (χ2n) is 6.64. The summed E-state index contributed by atoms with van der Waals surface area (Å²) in [6, 6.07) is 10.0. The summed E-state index contributed by atoms with van der Waals surface area (Å²) in [6.45, 7) is 2.10. The van der Waals surface area contributed by atoms with E-state index in [1.54, 1.807) is 0 Å². The molecule has 0 N–H and O–H groups in total. The fourth-order valence-corrected chi connectivity index (χ4v) is 3.98. The maximum atomic E-state index is 12.8. The lowest BCUT2D eigenvalue weighted by atomic mass is 9.91. The molecule has 1 aliphatic heterocycles. The Morgan fingerprint density at radius 2 is 1.61 bits per heavy atom. The smallest absolute Gasteiger partial charge is 0.345 e. The van der Waals surface area contributed by atoms with Gasteiger partial charge in [-0.1, -0.05) is 30.3 Å². The topological polar surface area (TPSA) is 33.5 Å². The van der Waals surface area contributed by atoms with Gasteiger partial charge in [0.1, 0.15) is 5.76 Å². The Bertz CT molecular complexity index is 742. The van der Waals surface area contributed by atoms with Crippen molar-refractivity contribution in [3.63, 3.8) is 0 Å². The van der Waals surface area contributed by atoms with E-state index in [4.69, 9.17) is 4.42 Å². The number of benzene rings is 1. The molecule has 3 nitrogen and oxygen atoms in total. The van der Waals surface area contributed by atoms with E-state index < -0.39 is 0 Å². The zero-order chi connectivity index (χ0) is 15.6. The molecule has 0 radical (unpaired) electrons. The van der Waals surface area contributed by atoms with Gasteiger partial charge in [0.2, 0.25) is 0 Å². The molecule has 2 aliphatic rings. The first-order valence-corrected chi connectivity index (χ1v) is 8.84. The summed E-state index contributed by atoms with van der Waals surface area (Å²) in [4.78, 5) is 15.2. The van der Waals surface area contributed by atoms with E-state index in [0.717, 1.165) is 49.2 Å². The molecule has 0 amide bonds. The standard InChI is InChI=1S/C20H23NO2/c22-20-18(15-9-3-1-4-10-15)19(21-13-7-2-8-14-21)16-11-5-6-12-17(16)23-20/h1,3-4,9-10H,2,5-8,11-14H2. The van der Waals surface area contributed by atoms with Gasteiger partial charge in [-0.2, -0.15) is 0 Å². The summed E-state index contributed by atoms with van der Waals surface area (Å²) in [6.07, 6.45) is 7.97. The molecule has 120 valence electrons. The Morgan fingerprint density at radius 3 is 2.39 bits per heavy atom. The van der Waals surface area contributed by atoms with Crippen molar-refractivity contribution in [2.24, 2.45) is 0 Å². The van der Waals surface area contributed by atoms with Crippen LogP contribution in [0.3, 0.4) is 0 Å². The van der Waals surface area contributed by atoms with Crippen LogP contribution in [0.5, 0.6) is 0 Å². The average molecular weight is 309 g/mol. The van der Waals surface area contributed by atoms with Crippen LogP contribution in [0.4, 0.5) is 5.69 Å². The van der Waals surface area contributed by atoms with Gasteiger partial charge in [0.15, 0.2) is 0 Å². The number of anilines is 1. The van der Waals surface area contributed by atoms with Crippen LogP contribution >= 0.6 is 0 Å². The molecule has 23 heavy (non-hydrogen) atoms. The molecule has 0 bridgehead atoms. The number of rotatable bonds is 2. The molecule has 0 atom stereocenters. The molecule has 1 aliphatic carbocycles. The third-order valence-corrected chi connectivity index (χ3v) is 5.09. The van der Waals surface area contributed by atoms with Crippen molar-refractivity contribution in [1.82, 2.24) is 0 Å². The highest BCUT2D eigenvalue weighted by molar-refractivity contribution is 5.80. The van der Waals surface area contributed by atoms with Gasteiger partial charge < -0.3 is 9.32 Å². The number of hydrogen-bond acceptors (Lipinski definition) is 3. The summed E-state index contributed by atoms with van der Waals surface area (Å²) >= 11 is 0. The number of nitrogens with zero attached hydrogens (tertiary/aromatic N) is 1. The van der Waals surface area contributed by atoms with E-state index in [1.807, 2.05) is 30.3 Å². The molecule has 3 heteroatoms. The SMILES string of the molecule is O=c1oc2c(c(N3CCCCC3)c1-c1ccccc1)CCCC2. The molecule has 0 saturated carbocycles. The van der Waals surface area contributed by atoms with Crippen LogP contribution in [0.1, 0.15) is 43.4 Å². The summed E-state index contributed by atoms with van der Waals surface area (Å²) in [5.74, 6) is 0.932. The zero-order valence-corrected chi connectivity index (χ0v) is 13.5. The van der Waals surface area contributed by atoms with Crippen molar-refractivity contribution < 1.29 is 4.42 Å². The Morgan fingerprint density at radius 1 is 0.870 bits per heavy atom. The third kappa shape index (κ3) is 2.69. The van der Waals surface area contributed by atoms with Gasteiger partial charge in [-0.05, 0) is 44.1 Å². The second-order valence-corrected chi connectivity index (χ2v) is 6.64. The predicted octanol–water partition coefficient (Wildman–Crippen LogP) is 4.18. The molecular formula is C20H23NO2. The van der Waals surface area contributed by atoms with Crippen molar-refractivity contribution in [2.75, 3.05) is 18.0 Å². The van der Waals surface area contributed by atoms with Crippen LogP contribution < -0.4 is 10.5 Å². The Hall–Kier alpha value is -2.03. The van der Waals surface area contributed by atoms with E-state index in [9.17, 15) is 4.79 Å². The van der Waals surface area contributed by atoms with Crippen LogP contribution in [0.25, 0.3) is 11.1 Å². The van der Waals surface area contributed by atoms with Crippen LogP contribution in [0.2, 0.25) is 0 Å². The monoisotopic (exact) mass is 309 g/mol. The first-order valence-electron chi connectivity index (χ1n) is 8.84. The van der Waals surface area contributed by atoms with Crippen molar-refractivity contribution in [1.29, 1.82) is 0 Å². The predicted molar refractivity (Wildman–Crippen MR) is 93.1 cm³/mol. The van der Waals surface area contributed by atoms with Crippen molar-refractivity contribution in [2.45, 2.75) is 44.9 Å². The summed E-state index contributed by atoms with van der Waals surface area (Å²) in [7, 11) is 0. The fourth-order valence-electron chi connectivity index (χ4n) is 3.98. The molecule has 1 fully saturated rings. The van der Waals surface area contributed by atoms with Gasteiger partial charge in [0.05, 0.1) is 11.3 Å². The van der Waals surface area contributed by atoms with Gasteiger partial charge in [0.25, 0.3) is 0 Å². The molecule has 4 rings (SSSR count). The highest BCUT2D eigenvalue weighted by Gasteiger charge is 2.27. The van der Waals surface area contributed by atoms with Gasteiger partial charge in [-0.3, -0.25) is 0 Å². The van der Waals surface area contributed by atoms with E-state index in [0.29, 0.717) is 0 Å². The Balaban J connectivity index is 1.94. The quantitative estimate of drug-likeness (QED) is 0.834. The lowest BCUT2D eigenvalue weighted by molar-refractivity contribution is 0.428. The van der Waals surface area contributed by atoms with Gasteiger partial charge in [0, 0.05) is 25.1 Å². The van der Waals surface area contributed by atoms with E-state index in [-0.39, 0.29) is 5.63 Å². The van der Waals surface area contributed by atoms with Crippen LogP contribution in [0, 0.1) is 0 Å². The Kier molecular flexibility index (Phi) is 3.94. The average Bonchev–Trinajstić information content (AvgIpc) is 2.62. The minimum Gasteiger partial charge on any atom is -0.427 e. The Labute approximate surface area is 136 Å². The van der Waals surface area contributed by atoms with E-state index in [1.165, 1.54) is 36.9 Å². The van der Waals surface area contributed by atoms with Gasteiger partial charge in [-0.25, -0.2) is 4.79 Å². The maximum absolute atomic E-state index is 12.8. The number of piperidine rings is 1. The highest BCUT2D eigenvalue weighted by atomic mass is 16.4. The lowest BCUT2D eigenvalue weighted by Crippen LogP contribution is -2.33. The maximum Gasteiger partial charge on any atom is 0.345 e. The number of aryl methyl sites for hydroxylation is 1. The van der Waals surface area contributed by atoms with Gasteiger partial charge in [-0.15, -0.1) is 0 Å². The first-order chi connectivity index (χ1) is 11.3. The molecular weight excluding hydrogens is 286 g/mol. The van der Waals surface area contributed by atoms with Crippen molar-refractivity contribution in [3.05, 3.63) is 52.1 Å². The van der Waals surface area contributed by atoms with Crippen LogP contribution in [0.15, 0.2) is 39.5 Å². The third-order valence-electron chi connectivity index (χ3n) is 5.09. The summed E-state index contributed by atoms with van der Waals surface area (Å²) < 4.78 is 5.73. The zero-order valence-electron chi connectivity index (χ0n) is 13.5. The van der Waals surface area contributed by atoms with Crippen LogP contribution in [-0.2, 0) is 12.8 Å². The fraction of sp³-hybridized carbons (Fsp3) is 0.450. The van der Waals surface area contributed by atoms with Gasteiger partial charge >= 0.3 is 5.63 Å². The molecule has 2 aromatic rings. The lowest BCUT2D eigenvalue weighted by Gasteiger charge is -2.33. The summed E-state index contributed by atoms with van der Waals surface area (Å²) in [5, 5.41) is 0. The molecule has 1 aromatic heterocycles. The van der Waals surface area contributed by atoms with Crippen molar-refractivity contribution in [3.8, 4) is 11.1 Å². The highest BCUT2D eigenvalue weighted by Crippen LogP contribution is 2.37. The minimum absolute atomic E-state index is 0.169. The number of hydrogen-bond donors (Lipinski definition) is 0. The van der Waals surface area contributed by atoms with E-state index in [2.05, 4.69) is 4.90 Å². The second kappa shape index (κ2) is 6.23. The number of fused-ring (bicyclic) bond motifs is 1. The molecule has 1 aromatic carbocycles. The minimum atomic E-state index is -0.169. The van der Waals surface area contributed by atoms with E-state index >= 15 is 0 Å². The summed E-state index contributed by atoms with van der Waals surface area (Å²) in [5.41, 5.74) is 4.04. The first kappa shape index (κ1) is 14.6. The largest absolute Gasteiger partial charge is 0.427 e.